The molecule has 0 unspecified atom stereocenters. The molecule has 1 aliphatic heterocycles. The molecule has 2 heterocycles. The number of likely N-dealkylation sites (tertiary alicyclic amines) is 1. The lowest BCUT2D eigenvalue weighted by Crippen LogP contribution is -2.31. The quantitative estimate of drug-likeness (QED) is 0.895. The molecule has 120 valence electrons. The number of hydrogen-bond acceptors (Lipinski definition) is 3. The van der Waals surface area contributed by atoms with E-state index in [1.807, 2.05) is 19.2 Å². The highest BCUT2D eigenvalue weighted by Crippen LogP contribution is 2.17. The summed E-state index contributed by atoms with van der Waals surface area (Å²) in [7, 11) is 1.86. The molecule has 1 fully saturated rings. The van der Waals surface area contributed by atoms with E-state index < -0.39 is 0 Å². The highest BCUT2D eigenvalue weighted by molar-refractivity contribution is 5.76. The molecule has 1 aromatic heterocycles. The lowest BCUT2D eigenvalue weighted by atomic mass is 10.1. The molecule has 1 aromatic carbocycles. The van der Waals surface area contributed by atoms with E-state index in [9.17, 15) is 4.79 Å². The standard InChI is InChI=1S/C11H15N3.C6H11NO/c1-7(2)11-13-9-4-3-8(6-12)5-10(9)14-11;1-7-5-3-2-4-6(7)8/h3-5,7H,6,12H2,1-2H3,(H,13,14);2-5H2,1H3. The maximum Gasteiger partial charge on any atom is 0.222 e. The van der Waals surface area contributed by atoms with E-state index in [2.05, 4.69) is 29.9 Å². The van der Waals surface area contributed by atoms with E-state index >= 15 is 0 Å². The topological polar surface area (TPSA) is 75.0 Å². The summed E-state index contributed by atoms with van der Waals surface area (Å²) in [6, 6.07) is 6.10. The third-order valence-electron chi connectivity index (χ3n) is 3.91. The second kappa shape index (κ2) is 7.40. The van der Waals surface area contributed by atoms with Crippen molar-refractivity contribution in [3.05, 3.63) is 29.6 Å². The molecule has 1 aliphatic rings. The fraction of sp³-hybridized carbons (Fsp3) is 0.529. The van der Waals surface area contributed by atoms with Gasteiger partial charge in [0.15, 0.2) is 0 Å². The average Bonchev–Trinajstić information content (AvgIpc) is 2.94. The number of nitrogens with two attached hydrogens (primary N) is 1. The molecular formula is C17H26N4O. The van der Waals surface area contributed by atoms with Crippen LogP contribution in [-0.2, 0) is 11.3 Å². The van der Waals surface area contributed by atoms with Gasteiger partial charge in [-0.1, -0.05) is 19.9 Å². The Morgan fingerprint density at radius 2 is 2.14 bits per heavy atom. The van der Waals surface area contributed by atoms with Gasteiger partial charge in [-0.25, -0.2) is 4.98 Å². The van der Waals surface area contributed by atoms with Crippen LogP contribution < -0.4 is 5.73 Å². The van der Waals surface area contributed by atoms with Crippen molar-refractivity contribution in [2.24, 2.45) is 5.73 Å². The molecule has 1 saturated heterocycles. The number of hydrogen-bond donors (Lipinski definition) is 2. The lowest BCUT2D eigenvalue weighted by Gasteiger charge is -2.21. The lowest BCUT2D eigenvalue weighted by molar-refractivity contribution is -0.131. The number of benzene rings is 1. The van der Waals surface area contributed by atoms with E-state index in [4.69, 9.17) is 5.73 Å². The number of carbonyl (C=O) groups is 1. The summed E-state index contributed by atoms with van der Waals surface area (Å²) in [5.74, 6) is 1.77. The van der Waals surface area contributed by atoms with Crippen molar-refractivity contribution in [2.75, 3.05) is 13.6 Å². The van der Waals surface area contributed by atoms with Gasteiger partial charge in [0.1, 0.15) is 5.82 Å². The fourth-order valence-corrected chi connectivity index (χ4v) is 2.42. The number of imidazole rings is 1. The Morgan fingerprint density at radius 3 is 2.68 bits per heavy atom. The smallest absolute Gasteiger partial charge is 0.222 e. The summed E-state index contributed by atoms with van der Waals surface area (Å²) in [6.45, 7) is 5.79. The summed E-state index contributed by atoms with van der Waals surface area (Å²) in [5, 5.41) is 0. The van der Waals surface area contributed by atoms with Gasteiger partial charge in [-0.05, 0) is 30.5 Å². The number of aromatic nitrogens is 2. The Morgan fingerprint density at radius 1 is 1.36 bits per heavy atom. The van der Waals surface area contributed by atoms with Gasteiger partial charge in [0.2, 0.25) is 5.91 Å². The van der Waals surface area contributed by atoms with E-state index in [1.54, 1.807) is 4.90 Å². The first-order valence-corrected chi connectivity index (χ1v) is 7.94. The maximum absolute atomic E-state index is 10.7. The number of nitrogens with zero attached hydrogens (tertiary/aromatic N) is 2. The first-order valence-electron chi connectivity index (χ1n) is 7.94. The van der Waals surface area contributed by atoms with Crippen LogP contribution >= 0.6 is 0 Å². The van der Waals surface area contributed by atoms with Crippen molar-refractivity contribution in [2.45, 2.75) is 45.6 Å². The van der Waals surface area contributed by atoms with E-state index in [-0.39, 0.29) is 0 Å². The number of aromatic amines is 1. The minimum atomic E-state index is 0.302. The number of amides is 1. The van der Waals surface area contributed by atoms with Crippen LogP contribution in [0.5, 0.6) is 0 Å². The molecular weight excluding hydrogens is 276 g/mol. The van der Waals surface area contributed by atoms with Crippen LogP contribution in [0.2, 0.25) is 0 Å². The first-order chi connectivity index (χ1) is 10.5. The SMILES string of the molecule is CC(C)c1nc2ccc(CN)cc2[nH]1.CN1CCCCC1=O. The molecule has 22 heavy (non-hydrogen) atoms. The molecule has 5 nitrogen and oxygen atoms in total. The summed E-state index contributed by atoms with van der Waals surface area (Å²) in [6.07, 6.45) is 3.03. The number of carbonyl (C=O) groups excluding carboxylic acids is 1. The van der Waals surface area contributed by atoms with Crippen LogP contribution in [0.3, 0.4) is 0 Å². The third kappa shape index (κ3) is 4.07. The first kappa shape index (κ1) is 16.5. The van der Waals surface area contributed by atoms with Crippen LogP contribution in [0.25, 0.3) is 11.0 Å². The zero-order valence-corrected chi connectivity index (χ0v) is 13.7. The number of rotatable bonds is 2. The van der Waals surface area contributed by atoms with Crippen molar-refractivity contribution in [3.63, 3.8) is 0 Å². The minimum Gasteiger partial charge on any atom is -0.346 e. The summed E-state index contributed by atoms with van der Waals surface area (Å²) in [5.41, 5.74) is 8.81. The highest BCUT2D eigenvalue weighted by Gasteiger charge is 2.12. The zero-order chi connectivity index (χ0) is 16.1. The average molecular weight is 302 g/mol. The molecule has 1 amide bonds. The van der Waals surface area contributed by atoms with Crippen molar-refractivity contribution in [3.8, 4) is 0 Å². The van der Waals surface area contributed by atoms with Gasteiger partial charge in [-0.3, -0.25) is 4.79 Å². The number of piperidine rings is 1. The molecule has 3 rings (SSSR count). The van der Waals surface area contributed by atoms with Gasteiger partial charge in [-0.2, -0.15) is 0 Å². The Labute approximate surface area is 131 Å². The van der Waals surface area contributed by atoms with Crippen LogP contribution in [0.1, 0.15) is 50.4 Å². The summed E-state index contributed by atoms with van der Waals surface area (Å²) < 4.78 is 0. The number of H-pyrrole nitrogens is 1. The molecule has 2 aromatic rings. The Bertz CT molecular complexity index is 633. The van der Waals surface area contributed by atoms with E-state index in [0.29, 0.717) is 18.4 Å². The Kier molecular flexibility index (Phi) is 5.55. The second-order valence-electron chi connectivity index (χ2n) is 6.10. The highest BCUT2D eigenvalue weighted by atomic mass is 16.2. The summed E-state index contributed by atoms with van der Waals surface area (Å²) >= 11 is 0. The molecule has 0 saturated carbocycles. The molecule has 0 aliphatic carbocycles. The molecule has 0 atom stereocenters. The summed E-state index contributed by atoms with van der Waals surface area (Å²) in [4.78, 5) is 20.3. The van der Waals surface area contributed by atoms with Crippen LogP contribution in [0, 0.1) is 0 Å². The van der Waals surface area contributed by atoms with Crippen molar-refractivity contribution in [1.82, 2.24) is 14.9 Å². The number of fused-ring (bicyclic) bond motifs is 1. The molecule has 0 spiro atoms. The normalized spacial score (nSPS) is 15.1. The Balaban J connectivity index is 0.000000188. The van der Waals surface area contributed by atoms with Crippen LogP contribution in [0.15, 0.2) is 18.2 Å². The van der Waals surface area contributed by atoms with Crippen molar-refractivity contribution < 1.29 is 4.79 Å². The monoisotopic (exact) mass is 302 g/mol. The largest absolute Gasteiger partial charge is 0.346 e. The van der Waals surface area contributed by atoms with Gasteiger partial charge < -0.3 is 15.6 Å². The molecule has 3 N–H and O–H groups in total. The Hall–Kier alpha value is -1.88. The predicted octanol–water partition coefficient (Wildman–Crippen LogP) is 2.77. The van der Waals surface area contributed by atoms with Crippen LogP contribution in [0.4, 0.5) is 0 Å². The van der Waals surface area contributed by atoms with E-state index in [1.165, 1.54) is 6.42 Å². The maximum atomic E-state index is 10.7. The fourth-order valence-electron chi connectivity index (χ4n) is 2.42. The van der Waals surface area contributed by atoms with Gasteiger partial charge >= 0.3 is 0 Å². The van der Waals surface area contributed by atoms with Gasteiger partial charge in [0, 0.05) is 32.5 Å². The molecule has 0 bridgehead atoms. The molecule has 0 radical (unpaired) electrons. The number of nitrogens with one attached hydrogen (secondary N) is 1. The van der Waals surface area contributed by atoms with Gasteiger partial charge in [0.25, 0.3) is 0 Å². The minimum absolute atomic E-state index is 0.302. The zero-order valence-electron chi connectivity index (χ0n) is 13.7. The third-order valence-corrected chi connectivity index (χ3v) is 3.91. The van der Waals surface area contributed by atoms with Gasteiger partial charge in [0.05, 0.1) is 11.0 Å². The van der Waals surface area contributed by atoms with Gasteiger partial charge in [-0.15, -0.1) is 0 Å². The van der Waals surface area contributed by atoms with E-state index in [0.717, 1.165) is 41.8 Å². The molecule has 5 heteroatoms. The van der Waals surface area contributed by atoms with Crippen molar-refractivity contribution in [1.29, 1.82) is 0 Å². The van der Waals surface area contributed by atoms with Crippen molar-refractivity contribution >= 4 is 16.9 Å². The second-order valence-corrected chi connectivity index (χ2v) is 6.10. The predicted molar refractivity (Wildman–Crippen MR) is 89.6 cm³/mol. The van der Waals surface area contributed by atoms with Crippen LogP contribution in [-0.4, -0.2) is 34.4 Å².